The van der Waals surface area contributed by atoms with E-state index in [2.05, 4.69) is 17.2 Å². The lowest BCUT2D eigenvalue weighted by Crippen LogP contribution is -2.22. The van der Waals surface area contributed by atoms with Gasteiger partial charge in [-0.1, -0.05) is 6.92 Å². The molecule has 88 valence electrons. The highest BCUT2D eigenvalue weighted by atomic mass is 16.5. The first-order valence-electron chi connectivity index (χ1n) is 5.85. The number of nitrogens with one attached hydrogen (secondary N) is 1. The van der Waals surface area contributed by atoms with Gasteiger partial charge >= 0.3 is 0 Å². The normalized spacial score (nSPS) is 24.6. The molecule has 1 aromatic rings. The molecule has 1 saturated heterocycles. The van der Waals surface area contributed by atoms with Crippen LogP contribution < -0.4 is 11.1 Å². The van der Waals surface area contributed by atoms with Crippen LogP contribution >= 0.6 is 0 Å². The number of nitrogens with two attached hydrogens (primary N) is 1. The summed E-state index contributed by atoms with van der Waals surface area (Å²) in [6.07, 6.45) is 6.08. The Morgan fingerprint density at radius 2 is 2.44 bits per heavy atom. The number of pyridine rings is 1. The average molecular weight is 221 g/mol. The van der Waals surface area contributed by atoms with E-state index in [1.54, 1.807) is 12.4 Å². The molecule has 2 atom stereocenters. The lowest BCUT2D eigenvalue weighted by Gasteiger charge is -2.17. The molecule has 0 aromatic carbocycles. The second-order valence-corrected chi connectivity index (χ2v) is 4.25. The van der Waals surface area contributed by atoms with E-state index in [0.29, 0.717) is 17.7 Å². The first kappa shape index (κ1) is 11.2. The van der Waals surface area contributed by atoms with Crippen LogP contribution in [0.5, 0.6) is 0 Å². The molecule has 3 N–H and O–H groups in total. The van der Waals surface area contributed by atoms with Gasteiger partial charge in [-0.25, -0.2) is 0 Å². The van der Waals surface area contributed by atoms with Crippen LogP contribution in [0.15, 0.2) is 18.5 Å². The summed E-state index contributed by atoms with van der Waals surface area (Å²) in [7, 11) is 0. The monoisotopic (exact) mass is 221 g/mol. The van der Waals surface area contributed by atoms with Gasteiger partial charge in [-0.3, -0.25) is 4.98 Å². The van der Waals surface area contributed by atoms with Gasteiger partial charge in [0.05, 0.1) is 23.7 Å². The summed E-state index contributed by atoms with van der Waals surface area (Å²) in [5.74, 6) is 0.603. The quantitative estimate of drug-likeness (QED) is 0.815. The predicted molar refractivity (Wildman–Crippen MR) is 65.3 cm³/mol. The summed E-state index contributed by atoms with van der Waals surface area (Å²) in [5.41, 5.74) is 7.35. The van der Waals surface area contributed by atoms with Gasteiger partial charge in [0, 0.05) is 25.3 Å². The van der Waals surface area contributed by atoms with Crippen molar-refractivity contribution >= 4 is 11.4 Å². The molecule has 2 unspecified atom stereocenters. The smallest absolute Gasteiger partial charge is 0.0618 e. The minimum absolute atomic E-state index is 0.404. The molecule has 4 nitrogen and oxygen atoms in total. The van der Waals surface area contributed by atoms with Crippen LogP contribution in [-0.2, 0) is 4.74 Å². The van der Waals surface area contributed by atoms with E-state index in [-0.39, 0.29) is 0 Å². The van der Waals surface area contributed by atoms with Gasteiger partial charge < -0.3 is 15.8 Å². The zero-order valence-electron chi connectivity index (χ0n) is 9.65. The Morgan fingerprint density at radius 1 is 1.56 bits per heavy atom. The number of ether oxygens (including phenoxy) is 1. The molecule has 1 aromatic heterocycles. The van der Waals surface area contributed by atoms with Crippen LogP contribution in [0.4, 0.5) is 11.4 Å². The summed E-state index contributed by atoms with van der Waals surface area (Å²) in [6, 6.07) is 1.91. The van der Waals surface area contributed by atoms with Gasteiger partial charge in [-0.15, -0.1) is 0 Å². The van der Waals surface area contributed by atoms with Crippen molar-refractivity contribution in [3.05, 3.63) is 18.5 Å². The number of hydrogen-bond donors (Lipinski definition) is 2. The van der Waals surface area contributed by atoms with Crippen molar-refractivity contribution in [1.29, 1.82) is 0 Å². The Hall–Kier alpha value is -1.29. The SMILES string of the molecule is CCC1OCCC1CNc1cncc(N)c1. The third-order valence-corrected chi connectivity index (χ3v) is 3.08. The number of rotatable bonds is 4. The van der Waals surface area contributed by atoms with Gasteiger partial charge in [0.25, 0.3) is 0 Å². The van der Waals surface area contributed by atoms with Crippen molar-refractivity contribution < 1.29 is 4.74 Å². The molecule has 4 heteroatoms. The third kappa shape index (κ3) is 2.64. The van der Waals surface area contributed by atoms with E-state index in [9.17, 15) is 0 Å². The Bertz CT molecular complexity index is 343. The Morgan fingerprint density at radius 3 is 3.19 bits per heavy atom. The van der Waals surface area contributed by atoms with E-state index < -0.39 is 0 Å². The highest BCUT2D eigenvalue weighted by Gasteiger charge is 2.26. The molecule has 16 heavy (non-hydrogen) atoms. The van der Waals surface area contributed by atoms with Crippen LogP contribution in [0.1, 0.15) is 19.8 Å². The highest BCUT2D eigenvalue weighted by molar-refractivity contribution is 5.51. The van der Waals surface area contributed by atoms with Gasteiger partial charge in [0.1, 0.15) is 0 Å². The summed E-state index contributed by atoms with van der Waals surface area (Å²) >= 11 is 0. The molecule has 0 amide bonds. The molecular formula is C12H19N3O. The maximum Gasteiger partial charge on any atom is 0.0618 e. The molecule has 1 aliphatic heterocycles. The van der Waals surface area contributed by atoms with Gasteiger partial charge in [0.2, 0.25) is 0 Å². The predicted octanol–water partition coefficient (Wildman–Crippen LogP) is 1.89. The van der Waals surface area contributed by atoms with Crippen molar-refractivity contribution in [2.75, 3.05) is 24.2 Å². The van der Waals surface area contributed by atoms with Crippen LogP contribution in [0, 0.1) is 5.92 Å². The molecule has 0 aliphatic carbocycles. The lowest BCUT2D eigenvalue weighted by molar-refractivity contribution is 0.0900. The zero-order chi connectivity index (χ0) is 11.4. The second kappa shape index (κ2) is 5.16. The van der Waals surface area contributed by atoms with Gasteiger partial charge in [-0.2, -0.15) is 0 Å². The zero-order valence-corrected chi connectivity index (χ0v) is 9.65. The molecule has 2 heterocycles. The van der Waals surface area contributed by atoms with E-state index in [4.69, 9.17) is 10.5 Å². The standard InChI is InChI=1S/C12H19N3O/c1-2-12-9(3-4-16-12)6-15-11-5-10(13)7-14-8-11/h5,7-9,12,15H,2-4,6,13H2,1H3. The lowest BCUT2D eigenvalue weighted by atomic mass is 10.00. The van der Waals surface area contributed by atoms with Crippen molar-refractivity contribution in [2.45, 2.75) is 25.9 Å². The molecule has 0 spiro atoms. The molecule has 1 aliphatic rings. The summed E-state index contributed by atoms with van der Waals surface area (Å²) in [4.78, 5) is 4.05. The first-order valence-corrected chi connectivity index (χ1v) is 5.85. The van der Waals surface area contributed by atoms with Crippen LogP contribution in [-0.4, -0.2) is 24.2 Å². The fraction of sp³-hybridized carbons (Fsp3) is 0.583. The Kier molecular flexibility index (Phi) is 3.62. The average Bonchev–Trinajstić information content (AvgIpc) is 2.74. The first-order chi connectivity index (χ1) is 7.79. The topological polar surface area (TPSA) is 60.2 Å². The highest BCUT2D eigenvalue weighted by Crippen LogP contribution is 2.23. The Labute approximate surface area is 96.2 Å². The third-order valence-electron chi connectivity index (χ3n) is 3.08. The molecule has 2 rings (SSSR count). The molecule has 0 bridgehead atoms. The number of nitrogen functional groups attached to an aromatic ring is 1. The van der Waals surface area contributed by atoms with Crippen LogP contribution in [0.25, 0.3) is 0 Å². The minimum Gasteiger partial charge on any atom is -0.397 e. The number of nitrogens with zero attached hydrogens (tertiary/aromatic N) is 1. The van der Waals surface area contributed by atoms with Crippen molar-refractivity contribution in [3.63, 3.8) is 0 Å². The van der Waals surface area contributed by atoms with Crippen LogP contribution in [0.3, 0.4) is 0 Å². The number of aromatic nitrogens is 1. The van der Waals surface area contributed by atoms with E-state index in [0.717, 1.165) is 31.7 Å². The maximum absolute atomic E-state index is 5.67. The number of anilines is 2. The molecule has 0 radical (unpaired) electrons. The van der Waals surface area contributed by atoms with Crippen molar-refractivity contribution in [1.82, 2.24) is 4.98 Å². The second-order valence-electron chi connectivity index (χ2n) is 4.25. The summed E-state index contributed by atoms with van der Waals surface area (Å²) < 4.78 is 5.65. The maximum atomic E-state index is 5.67. The largest absolute Gasteiger partial charge is 0.397 e. The van der Waals surface area contributed by atoms with E-state index in [1.807, 2.05) is 6.07 Å². The summed E-state index contributed by atoms with van der Waals surface area (Å²) in [5, 5.41) is 3.37. The molecule has 1 fully saturated rings. The van der Waals surface area contributed by atoms with Gasteiger partial charge in [0.15, 0.2) is 0 Å². The van der Waals surface area contributed by atoms with E-state index in [1.165, 1.54) is 0 Å². The minimum atomic E-state index is 0.404. The van der Waals surface area contributed by atoms with Gasteiger partial charge in [-0.05, 0) is 18.9 Å². The summed E-state index contributed by atoms with van der Waals surface area (Å²) in [6.45, 7) is 3.99. The molecular weight excluding hydrogens is 202 g/mol. The fourth-order valence-corrected chi connectivity index (χ4v) is 2.18. The molecule has 0 saturated carbocycles. The van der Waals surface area contributed by atoms with Crippen molar-refractivity contribution in [2.24, 2.45) is 5.92 Å². The Balaban J connectivity index is 1.87. The van der Waals surface area contributed by atoms with E-state index >= 15 is 0 Å². The number of hydrogen-bond acceptors (Lipinski definition) is 4. The van der Waals surface area contributed by atoms with Crippen LogP contribution in [0.2, 0.25) is 0 Å². The van der Waals surface area contributed by atoms with Crippen molar-refractivity contribution in [3.8, 4) is 0 Å². The fourth-order valence-electron chi connectivity index (χ4n) is 2.18.